The summed E-state index contributed by atoms with van der Waals surface area (Å²) in [6.45, 7) is 7.17. The Morgan fingerprint density at radius 3 is 2.18 bits per heavy atom. The third-order valence-electron chi connectivity index (χ3n) is 4.63. The Balaban J connectivity index is 2.36. The molecule has 1 saturated carbocycles. The highest BCUT2D eigenvalue weighted by Gasteiger charge is 2.42. The highest BCUT2D eigenvalue weighted by Crippen LogP contribution is 2.48. The number of aryl methyl sites for hydroxylation is 3. The SMILES string of the molecule is Cc1cc(C)c(C(N)C2(CN)CCC2)cc1C. The van der Waals surface area contributed by atoms with Crippen LogP contribution in [0.25, 0.3) is 0 Å². The molecule has 1 aliphatic carbocycles. The third kappa shape index (κ3) is 2.00. The molecule has 0 amide bonds. The van der Waals surface area contributed by atoms with E-state index < -0.39 is 0 Å². The molecule has 1 aromatic carbocycles. The average Bonchev–Trinajstić information content (AvgIpc) is 2.22. The van der Waals surface area contributed by atoms with Crippen LogP contribution in [0.1, 0.15) is 47.6 Å². The van der Waals surface area contributed by atoms with E-state index in [0.717, 1.165) is 0 Å². The maximum Gasteiger partial charge on any atom is 0.0367 e. The van der Waals surface area contributed by atoms with E-state index in [4.69, 9.17) is 11.5 Å². The van der Waals surface area contributed by atoms with Crippen LogP contribution in [0.4, 0.5) is 0 Å². The van der Waals surface area contributed by atoms with Gasteiger partial charge in [-0.2, -0.15) is 0 Å². The van der Waals surface area contributed by atoms with Crippen LogP contribution in [-0.2, 0) is 0 Å². The van der Waals surface area contributed by atoms with Crippen molar-refractivity contribution in [1.82, 2.24) is 0 Å². The summed E-state index contributed by atoms with van der Waals surface area (Å²) in [4.78, 5) is 0. The van der Waals surface area contributed by atoms with E-state index in [9.17, 15) is 0 Å². The third-order valence-corrected chi connectivity index (χ3v) is 4.63. The van der Waals surface area contributed by atoms with Crippen molar-refractivity contribution >= 4 is 0 Å². The Morgan fingerprint density at radius 2 is 1.71 bits per heavy atom. The van der Waals surface area contributed by atoms with Crippen molar-refractivity contribution in [3.05, 3.63) is 34.4 Å². The Morgan fingerprint density at radius 1 is 1.12 bits per heavy atom. The second-order valence-electron chi connectivity index (χ2n) is 5.69. The van der Waals surface area contributed by atoms with Crippen molar-refractivity contribution < 1.29 is 0 Å². The summed E-state index contributed by atoms with van der Waals surface area (Å²) >= 11 is 0. The Kier molecular flexibility index (Phi) is 3.28. The summed E-state index contributed by atoms with van der Waals surface area (Å²) in [7, 11) is 0. The first-order chi connectivity index (χ1) is 8.00. The summed E-state index contributed by atoms with van der Waals surface area (Å²) < 4.78 is 0. The van der Waals surface area contributed by atoms with E-state index >= 15 is 0 Å². The molecule has 0 saturated heterocycles. The molecular formula is C15H24N2. The van der Waals surface area contributed by atoms with Gasteiger partial charge in [-0.05, 0) is 62.4 Å². The molecule has 4 N–H and O–H groups in total. The molecule has 2 nitrogen and oxygen atoms in total. The molecule has 17 heavy (non-hydrogen) atoms. The van der Waals surface area contributed by atoms with Gasteiger partial charge in [0.2, 0.25) is 0 Å². The predicted octanol–water partition coefficient (Wildman–Crippen LogP) is 2.74. The number of benzene rings is 1. The van der Waals surface area contributed by atoms with Gasteiger partial charge in [-0.25, -0.2) is 0 Å². The zero-order chi connectivity index (χ0) is 12.6. The van der Waals surface area contributed by atoms with E-state index in [1.807, 2.05) is 0 Å². The monoisotopic (exact) mass is 232 g/mol. The summed E-state index contributed by atoms with van der Waals surface area (Å²) in [6, 6.07) is 4.60. The lowest BCUT2D eigenvalue weighted by Crippen LogP contribution is -2.46. The Bertz CT molecular complexity index is 414. The Hall–Kier alpha value is -0.860. The predicted molar refractivity (Wildman–Crippen MR) is 72.9 cm³/mol. The molecule has 0 aromatic heterocycles. The van der Waals surface area contributed by atoms with Crippen LogP contribution in [0.3, 0.4) is 0 Å². The smallest absolute Gasteiger partial charge is 0.0367 e. The van der Waals surface area contributed by atoms with Crippen LogP contribution in [-0.4, -0.2) is 6.54 Å². The first-order valence-corrected chi connectivity index (χ1v) is 6.53. The van der Waals surface area contributed by atoms with Crippen LogP contribution < -0.4 is 11.5 Å². The molecule has 1 fully saturated rings. The van der Waals surface area contributed by atoms with Crippen molar-refractivity contribution in [3.8, 4) is 0 Å². The summed E-state index contributed by atoms with van der Waals surface area (Å²) in [5.41, 5.74) is 17.9. The van der Waals surface area contributed by atoms with Crippen molar-refractivity contribution in [2.45, 2.75) is 46.1 Å². The fourth-order valence-corrected chi connectivity index (χ4v) is 2.92. The molecule has 1 unspecified atom stereocenters. The lowest BCUT2D eigenvalue weighted by atomic mass is 9.62. The van der Waals surface area contributed by atoms with Gasteiger partial charge < -0.3 is 11.5 Å². The maximum absolute atomic E-state index is 6.49. The van der Waals surface area contributed by atoms with Gasteiger partial charge in [0.15, 0.2) is 0 Å². The largest absolute Gasteiger partial charge is 0.330 e. The molecule has 0 aliphatic heterocycles. The highest BCUT2D eigenvalue weighted by atomic mass is 14.8. The molecule has 0 spiro atoms. The molecule has 0 heterocycles. The van der Waals surface area contributed by atoms with Crippen molar-refractivity contribution in [2.24, 2.45) is 16.9 Å². The van der Waals surface area contributed by atoms with Gasteiger partial charge in [-0.15, -0.1) is 0 Å². The van der Waals surface area contributed by atoms with Gasteiger partial charge in [0, 0.05) is 11.5 Å². The molecule has 1 aromatic rings. The number of nitrogens with two attached hydrogens (primary N) is 2. The Labute approximate surface area is 104 Å². The van der Waals surface area contributed by atoms with Crippen LogP contribution in [0.15, 0.2) is 12.1 Å². The molecule has 1 atom stereocenters. The topological polar surface area (TPSA) is 52.0 Å². The van der Waals surface area contributed by atoms with E-state index in [1.165, 1.54) is 41.5 Å². The molecule has 2 rings (SSSR count). The summed E-state index contributed by atoms with van der Waals surface area (Å²) in [5, 5.41) is 0. The molecule has 1 aliphatic rings. The van der Waals surface area contributed by atoms with Crippen LogP contribution >= 0.6 is 0 Å². The molecule has 0 bridgehead atoms. The van der Waals surface area contributed by atoms with E-state index in [2.05, 4.69) is 32.9 Å². The number of hydrogen-bond acceptors (Lipinski definition) is 2. The quantitative estimate of drug-likeness (QED) is 0.842. The second-order valence-corrected chi connectivity index (χ2v) is 5.69. The van der Waals surface area contributed by atoms with E-state index in [1.54, 1.807) is 0 Å². The standard InChI is InChI=1S/C15H24N2/c1-10-7-12(3)13(8-11(10)2)14(17)15(9-16)5-4-6-15/h7-8,14H,4-6,9,16-17H2,1-3H3. The lowest BCUT2D eigenvalue weighted by Gasteiger charge is -2.46. The zero-order valence-electron chi connectivity index (χ0n) is 11.2. The number of hydrogen-bond donors (Lipinski definition) is 2. The van der Waals surface area contributed by atoms with Crippen LogP contribution in [0.5, 0.6) is 0 Å². The summed E-state index contributed by atoms with van der Waals surface area (Å²) in [6.07, 6.45) is 3.63. The minimum Gasteiger partial charge on any atom is -0.330 e. The van der Waals surface area contributed by atoms with Crippen molar-refractivity contribution in [1.29, 1.82) is 0 Å². The fraction of sp³-hybridized carbons (Fsp3) is 0.600. The summed E-state index contributed by atoms with van der Waals surface area (Å²) in [5.74, 6) is 0. The van der Waals surface area contributed by atoms with Crippen molar-refractivity contribution in [2.75, 3.05) is 6.54 Å². The first-order valence-electron chi connectivity index (χ1n) is 6.53. The van der Waals surface area contributed by atoms with E-state index in [0.29, 0.717) is 6.54 Å². The van der Waals surface area contributed by atoms with Crippen molar-refractivity contribution in [3.63, 3.8) is 0 Å². The first kappa shape index (κ1) is 12.6. The second kappa shape index (κ2) is 4.43. The van der Waals surface area contributed by atoms with Gasteiger partial charge in [0.05, 0.1) is 0 Å². The molecule has 2 heteroatoms. The minimum absolute atomic E-state index is 0.0977. The lowest BCUT2D eigenvalue weighted by molar-refractivity contribution is 0.104. The molecule has 0 radical (unpaired) electrons. The van der Waals surface area contributed by atoms with Crippen LogP contribution in [0, 0.1) is 26.2 Å². The van der Waals surface area contributed by atoms with E-state index in [-0.39, 0.29) is 11.5 Å². The number of rotatable bonds is 3. The fourth-order valence-electron chi connectivity index (χ4n) is 2.92. The van der Waals surface area contributed by atoms with Gasteiger partial charge in [-0.3, -0.25) is 0 Å². The van der Waals surface area contributed by atoms with Gasteiger partial charge in [0.25, 0.3) is 0 Å². The molecular weight excluding hydrogens is 208 g/mol. The maximum atomic E-state index is 6.49. The highest BCUT2D eigenvalue weighted by molar-refractivity contribution is 5.39. The van der Waals surface area contributed by atoms with Gasteiger partial charge in [0.1, 0.15) is 0 Å². The van der Waals surface area contributed by atoms with Gasteiger partial charge in [-0.1, -0.05) is 18.6 Å². The van der Waals surface area contributed by atoms with Crippen LogP contribution in [0.2, 0.25) is 0 Å². The molecule has 94 valence electrons. The average molecular weight is 232 g/mol. The minimum atomic E-state index is 0.0977. The van der Waals surface area contributed by atoms with Gasteiger partial charge >= 0.3 is 0 Å². The zero-order valence-corrected chi connectivity index (χ0v) is 11.2. The normalized spacial score (nSPS) is 19.8.